The number of benzene rings is 1. The molecule has 0 aliphatic carbocycles. The van der Waals surface area contributed by atoms with Gasteiger partial charge in [-0.15, -0.1) is 36.2 Å². The van der Waals surface area contributed by atoms with Crippen molar-refractivity contribution in [2.45, 2.75) is 13.3 Å². The normalized spacial score (nSPS) is 14.2. The number of carbonyl (C=O) groups is 1. The van der Waals surface area contributed by atoms with Crippen molar-refractivity contribution in [2.75, 3.05) is 39.3 Å². The van der Waals surface area contributed by atoms with Crippen molar-refractivity contribution < 1.29 is 4.79 Å². The first-order chi connectivity index (χ1) is 11.7. The van der Waals surface area contributed by atoms with E-state index in [-0.39, 0.29) is 30.7 Å². The van der Waals surface area contributed by atoms with Crippen molar-refractivity contribution in [1.82, 2.24) is 20.5 Å². The summed E-state index contributed by atoms with van der Waals surface area (Å²) in [4.78, 5) is 20.2. The number of aromatic nitrogens is 1. The first-order valence-electron chi connectivity index (χ1n) is 8.48. The third kappa shape index (κ3) is 6.21. The van der Waals surface area contributed by atoms with E-state index in [1.165, 1.54) is 11.3 Å². The number of halogens is 2. The Morgan fingerprint density at radius 2 is 1.92 bits per heavy atom. The molecule has 1 aromatic heterocycles. The lowest BCUT2D eigenvalue weighted by Crippen LogP contribution is -2.44. The summed E-state index contributed by atoms with van der Waals surface area (Å²) in [6.07, 6.45) is 0.976. The van der Waals surface area contributed by atoms with Gasteiger partial charge in [0.25, 0.3) is 5.91 Å². The largest absolute Gasteiger partial charge is 0.351 e. The standard InChI is InChI=1S/C18H24N4OS.2ClH/c1-14-21-16(15-6-3-2-4-7-15)17(24-14)18(23)20-8-5-11-22-12-9-19-10-13-22;;/h2-4,6-7,19H,5,8-13H2,1H3,(H,20,23);2*1H. The van der Waals surface area contributed by atoms with Crippen LogP contribution in [0.25, 0.3) is 11.3 Å². The minimum Gasteiger partial charge on any atom is -0.351 e. The number of hydrogen-bond donors (Lipinski definition) is 2. The molecule has 0 bridgehead atoms. The van der Waals surface area contributed by atoms with Crippen LogP contribution in [0.15, 0.2) is 30.3 Å². The lowest BCUT2D eigenvalue weighted by molar-refractivity contribution is 0.0955. The third-order valence-electron chi connectivity index (χ3n) is 4.13. The minimum atomic E-state index is -0.0141. The van der Waals surface area contributed by atoms with E-state index in [1.807, 2.05) is 37.3 Å². The second-order valence-electron chi connectivity index (χ2n) is 5.98. The molecular weight excluding hydrogens is 391 g/mol. The van der Waals surface area contributed by atoms with Crippen LogP contribution in [-0.2, 0) is 0 Å². The first-order valence-corrected chi connectivity index (χ1v) is 9.30. The topological polar surface area (TPSA) is 57.3 Å². The molecule has 0 spiro atoms. The Balaban J connectivity index is 0.00000169. The number of thiazole rings is 1. The van der Waals surface area contributed by atoms with Crippen LogP contribution in [0.1, 0.15) is 21.1 Å². The van der Waals surface area contributed by atoms with Gasteiger partial charge in [-0.1, -0.05) is 30.3 Å². The lowest BCUT2D eigenvalue weighted by atomic mass is 10.1. The summed E-state index contributed by atoms with van der Waals surface area (Å²) < 4.78 is 0. The van der Waals surface area contributed by atoms with Gasteiger partial charge in [0.2, 0.25) is 0 Å². The number of amides is 1. The van der Waals surface area contributed by atoms with Crippen molar-refractivity contribution in [3.63, 3.8) is 0 Å². The number of carbonyl (C=O) groups excluding carboxylic acids is 1. The predicted molar refractivity (Wildman–Crippen MR) is 113 cm³/mol. The van der Waals surface area contributed by atoms with E-state index >= 15 is 0 Å². The van der Waals surface area contributed by atoms with Gasteiger partial charge in [-0.05, 0) is 19.9 Å². The molecule has 2 aromatic rings. The maximum Gasteiger partial charge on any atom is 0.263 e. The molecular formula is C18H26Cl2N4OS. The molecule has 1 fully saturated rings. The Kier molecular flexibility index (Phi) is 10.1. The molecule has 0 atom stereocenters. The van der Waals surface area contributed by atoms with Gasteiger partial charge in [0.15, 0.2) is 0 Å². The summed E-state index contributed by atoms with van der Waals surface area (Å²) in [6, 6.07) is 9.91. The molecule has 0 saturated carbocycles. The van der Waals surface area contributed by atoms with Crippen LogP contribution in [-0.4, -0.2) is 55.1 Å². The second kappa shape index (κ2) is 11.5. The summed E-state index contributed by atoms with van der Waals surface area (Å²) in [7, 11) is 0. The zero-order chi connectivity index (χ0) is 16.8. The van der Waals surface area contributed by atoms with Gasteiger partial charge in [0.1, 0.15) is 4.88 Å². The molecule has 1 aliphatic heterocycles. The number of hydrogen-bond acceptors (Lipinski definition) is 5. The summed E-state index contributed by atoms with van der Waals surface area (Å²) in [6.45, 7) is 8.00. The van der Waals surface area contributed by atoms with Gasteiger partial charge in [-0.3, -0.25) is 4.79 Å². The Bertz CT molecular complexity index is 675. The Morgan fingerprint density at radius 1 is 1.23 bits per heavy atom. The average Bonchev–Trinajstić information content (AvgIpc) is 3.02. The van der Waals surface area contributed by atoms with Gasteiger partial charge in [-0.25, -0.2) is 4.98 Å². The molecule has 2 heterocycles. The summed E-state index contributed by atoms with van der Waals surface area (Å²) in [5.41, 5.74) is 1.78. The van der Waals surface area contributed by atoms with Crippen LogP contribution >= 0.6 is 36.2 Å². The van der Waals surface area contributed by atoms with Crippen LogP contribution in [0.2, 0.25) is 0 Å². The highest BCUT2D eigenvalue weighted by Gasteiger charge is 2.18. The minimum absolute atomic E-state index is 0. The van der Waals surface area contributed by atoms with Crippen LogP contribution in [0, 0.1) is 6.92 Å². The maximum atomic E-state index is 12.5. The van der Waals surface area contributed by atoms with E-state index < -0.39 is 0 Å². The quantitative estimate of drug-likeness (QED) is 0.710. The van der Waals surface area contributed by atoms with Crippen LogP contribution < -0.4 is 10.6 Å². The molecule has 5 nitrogen and oxygen atoms in total. The number of piperazine rings is 1. The Hall–Kier alpha value is -1.18. The molecule has 2 N–H and O–H groups in total. The second-order valence-corrected chi connectivity index (χ2v) is 7.18. The molecule has 0 radical (unpaired) electrons. The fraction of sp³-hybridized carbons (Fsp3) is 0.444. The van der Waals surface area contributed by atoms with Crippen molar-refractivity contribution in [1.29, 1.82) is 0 Å². The van der Waals surface area contributed by atoms with Gasteiger partial charge in [0.05, 0.1) is 10.7 Å². The molecule has 0 unspecified atom stereocenters. The number of nitrogens with one attached hydrogen (secondary N) is 2. The summed E-state index contributed by atoms with van der Waals surface area (Å²) in [5, 5.41) is 7.32. The molecule has 1 saturated heterocycles. The van der Waals surface area contributed by atoms with E-state index in [1.54, 1.807) is 0 Å². The predicted octanol–water partition coefficient (Wildman–Crippen LogP) is 2.99. The van der Waals surface area contributed by atoms with Crippen molar-refractivity contribution in [3.05, 3.63) is 40.2 Å². The van der Waals surface area contributed by atoms with Crippen LogP contribution in [0.5, 0.6) is 0 Å². The maximum absolute atomic E-state index is 12.5. The zero-order valence-electron chi connectivity index (χ0n) is 14.9. The first kappa shape index (κ1) is 22.9. The average molecular weight is 417 g/mol. The van der Waals surface area contributed by atoms with Crippen molar-refractivity contribution in [3.8, 4) is 11.3 Å². The van der Waals surface area contributed by atoms with E-state index in [9.17, 15) is 4.79 Å². The molecule has 26 heavy (non-hydrogen) atoms. The van der Waals surface area contributed by atoms with Crippen molar-refractivity contribution in [2.24, 2.45) is 0 Å². The summed E-state index contributed by atoms with van der Waals surface area (Å²) in [5.74, 6) is -0.0141. The summed E-state index contributed by atoms with van der Waals surface area (Å²) >= 11 is 1.46. The van der Waals surface area contributed by atoms with Gasteiger partial charge < -0.3 is 15.5 Å². The highest BCUT2D eigenvalue weighted by atomic mass is 35.5. The smallest absolute Gasteiger partial charge is 0.263 e. The van der Waals surface area contributed by atoms with E-state index in [4.69, 9.17) is 0 Å². The van der Waals surface area contributed by atoms with E-state index in [2.05, 4.69) is 20.5 Å². The van der Waals surface area contributed by atoms with Gasteiger partial charge in [0, 0.05) is 38.3 Å². The fourth-order valence-electron chi connectivity index (χ4n) is 2.89. The highest BCUT2D eigenvalue weighted by molar-refractivity contribution is 7.14. The number of nitrogens with zero attached hydrogens (tertiary/aromatic N) is 2. The number of aryl methyl sites for hydroxylation is 1. The fourth-order valence-corrected chi connectivity index (χ4v) is 3.75. The lowest BCUT2D eigenvalue weighted by Gasteiger charge is -2.27. The van der Waals surface area contributed by atoms with E-state index in [0.29, 0.717) is 11.4 Å². The van der Waals surface area contributed by atoms with Crippen molar-refractivity contribution >= 4 is 42.1 Å². The number of rotatable bonds is 6. The zero-order valence-corrected chi connectivity index (χ0v) is 17.3. The molecule has 1 aliphatic rings. The van der Waals surface area contributed by atoms with Gasteiger partial charge >= 0.3 is 0 Å². The molecule has 3 rings (SSSR count). The van der Waals surface area contributed by atoms with Gasteiger partial charge in [-0.2, -0.15) is 0 Å². The molecule has 1 amide bonds. The Morgan fingerprint density at radius 3 is 2.62 bits per heavy atom. The molecule has 144 valence electrons. The Labute approximate surface area is 171 Å². The van der Waals surface area contributed by atoms with Crippen LogP contribution in [0.4, 0.5) is 0 Å². The molecule has 8 heteroatoms. The third-order valence-corrected chi connectivity index (χ3v) is 5.10. The highest BCUT2D eigenvalue weighted by Crippen LogP contribution is 2.27. The monoisotopic (exact) mass is 416 g/mol. The van der Waals surface area contributed by atoms with Crippen LogP contribution in [0.3, 0.4) is 0 Å². The van der Waals surface area contributed by atoms with E-state index in [0.717, 1.165) is 55.4 Å². The SMILES string of the molecule is Cc1nc(-c2ccccc2)c(C(=O)NCCCN2CCNCC2)s1.Cl.Cl. The molecule has 1 aromatic carbocycles.